The SMILES string of the molecule is CN1CCC(C(=O)Nc2ccc(CCC(=O)O)cc2)C1. The monoisotopic (exact) mass is 276 g/mol. The molecule has 1 fully saturated rings. The standard InChI is InChI=1S/C15H20N2O3/c1-17-9-8-12(10-17)15(20)16-13-5-2-11(3-6-13)4-7-14(18)19/h2-3,5-6,12H,4,7-10H2,1H3,(H,16,20)(H,18,19). The molecular formula is C15H20N2O3. The molecular weight excluding hydrogens is 256 g/mol. The van der Waals surface area contributed by atoms with Gasteiger partial charge in [0.05, 0.1) is 5.92 Å². The van der Waals surface area contributed by atoms with Gasteiger partial charge in [-0.15, -0.1) is 0 Å². The molecule has 1 unspecified atom stereocenters. The van der Waals surface area contributed by atoms with E-state index in [-0.39, 0.29) is 18.2 Å². The molecule has 0 aliphatic carbocycles. The lowest BCUT2D eigenvalue weighted by molar-refractivity contribution is -0.137. The molecule has 1 aliphatic heterocycles. The average Bonchev–Trinajstić information content (AvgIpc) is 2.85. The quantitative estimate of drug-likeness (QED) is 0.857. The fourth-order valence-corrected chi connectivity index (χ4v) is 2.40. The van der Waals surface area contributed by atoms with Crippen molar-refractivity contribution in [1.29, 1.82) is 0 Å². The van der Waals surface area contributed by atoms with Crippen molar-refractivity contribution in [2.24, 2.45) is 5.92 Å². The van der Waals surface area contributed by atoms with E-state index >= 15 is 0 Å². The highest BCUT2D eigenvalue weighted by molar-refractivity contribution is 5.92. The fourth-order valence-electron chi connectivity index (χ4n) is 2.40. The number of aliphatic carboxylic acids is 1. The Hall–Kier alpha value is -1.88. The molecule has 0 spiro atoms. The van der Waals surface area contributed by atoms with Gasteiger partial charge in [0.1, 0.15) is 0 Å². The predicted octanol–water partition coefficient (Wildman–Crippen LogP) is 1.59. The summed E-state index contributed by atoms with van der Waals surface area (Å²) in [5.74, 6) is -0.674. The lowest BCUT2D eigenvalue weighted by atomic mass is 10.1. The Morgan fingerprint density at radius 2 is 2.05 bits per heavy atom. The zero-order chi connectivity index (χ0) is 14.5. The van der Waals surface area contributed by atoms with Crippen LogP contribution in [0.4, 0.5) is 5.69 Å². The van der Waals surface area contributed by atoms with E-state index in [1.54, 1.807) is 0 Å². The molecule has 0 radical (unpaired) electrons. The molecule has 1 saturated heterocycles. The van der Waals surface area contributed by atoms with E-state index in [1.165, 1.54) is 0 Å². The minimum atomic E-state index is -0.798. The number of carbonyl (C=O) groups is 2. The Balaban J connectivity index is 1.87. The van der Waals surface area contributed by atoms with Gasteiger partial charge in [-0.1, -0.05) is 12.1 Å². The van der Waals surface area contributed by atoms with Crippen LogP contribution in [-0.2, 0) is 16.0 Å². The number of rotatable bonds is 5. The number of nitrogens with zero attached hydrogens (tertiary/aromatic N) is 1. The van der Waals surface area contributed by atoms with Crippen LogP contribution in [0.5, 0.6) is 0 Å². The van der Waals surface area contributed by atoms with Crippen molar-refractivity contribution < 1.29 is 14.7 Å². The Morgan fingerprint density at radius 1 is 1.35 bits per heavy atom. The van der Waals surface area contributed by atoms with E-state index in [9.17, 15) is 9.59 Å². The molecule has 5 heteroatoms. The van der Waals surface area contributed by atoms with Crippen molar-refractivity contribution in [1.82, 2.24) is 4.90 Å². The highest BCUT2D eigenvalue weighted by Crippen LogP contribution is 2.18. The summed E-state index contributed by atoms with van der Waals surface area (Å²) in [6.45, 7) is 1.77. The van der Waals surface area contributed by atoms with Gasteiger partial charge in [0.25, 0.3) is 0 Å². The summed E-state index contributed by atoms with van der Waals surface area (Å²) in [7, 11) is 2.02. The summed E-state index contributed by atoms with van der Waals surface area (Å²) in [6.07, 6.45) is 1.54. The zero-order valence-corrected chi connectivity index (χ0v) is 11.6. The van der Waals surface area contributed by atoms with Crippen molar-refractivity contribution in [3.8, 4) is 0 Å². The van der Waals surface area contributed by atoms with E-state index in [1.807, 2.05) is 31.3 Å². The van der Waals surface area contributed by atoms with Gasteiger partial charge < -0.3 is 15.3 Å². The maximum Gasteiger partial charge on any atom is 0.303 e. The van der Waals surface area contributed by atoms with Crippen LogP contribution in [0.2, 0.25) is 0 Å². The second kappa shape index (κ2) is 6.52. The molecule has 1 heterocycles. The van der Waals surface area contributed by atoms with E-state index < -0.39 is 5.97 Å². The van der Waals surface area contributed by atoms with Crippen molar-refractivity contribution in [3.63, 3.8) is 0 Å². The Kier molecular flexibility index (Phi) is 4.74. The molecule has 1 amide bonds. The molecule has 1 atom stereocenters. The number of hydrogen-bond donors (Lipinski definition) is 2. The van der Waals surface area contributed by atoms with E-state index in [4.69, 9.17) is 5.11 Å². The summed E-state index contributed by atoms with van der Waals surface area (Å²) in [5, 5.41) is 11.5. The van der Waals surface area contributed by atoms with E-state index in [0.717, 1.165) is 30.8 Å². The molecule has 5 nitrogen and oxygen atoms in total. The molecule has 20 heavy (non-hydrogen) atoms. The third-order valence-corrected chi connectivity index (χ3v) is 3.61. The van der Waals surface area contributed by atoms with Gasteiger partial charge in [0.2, 0.25) is 5.91 Å². The predicted molar refractivity (Wildman–Crippen MR) is 76.6 cm³/mol. The molecule has 1 aromatic rings. The topological polar surface area (TPSA) is 69.6 Å². The van der Waals surface area contributed by atoms with Crippen LogP contribution >= 0.6 is 0 Å². The highest BCUT2D eigenvalue weighted by atomic mass is 16.4. The largest absolute Gasteiger partial charge is 0.481 e. The first kappa shape index (κ1) is 14.5. The lowest BCUT2D eigenvalue weighted by Gasteiger charge is -2.11. The molecule has 2 N–H and O–H groups in total. The number of nitrogens with one attached hydrogen (secondary N) is 1. The van der Waals surface area contributed by atoms with Gasteiger partial charge in [-0.3, -0.25) is 9.59 Å². The van der Waals surface area contributed by atoms with Crippen LogP contribution in [-0.4, -0.2) is 42.0 Å². The van der Waals surface area contributed by atoms with Crippen LogP contribution in [0.1, 0.15) is 18.4 Å². The van der Waals surface area contributed by atoms with Gasteiger partial charge in [-0.2, -0.15) is 0 Å². The molecule has 0 saturated carbocycles. The Morgan fingerprint density at radius 3 is 2.60 bits per heavy atom. The van der Waals surface area contributed by atoms with Crippen LogP contribution in [0, 0.1) is 5.92 Å². The summed E-state index contributed by atoms with van der Waals surface area (Å²) in [4.78, 5) is 24.7. The highest BCUT2D eigenvalue weighted by Gasteiger charge is 2.25. The molecule has 108 valence electrons. The second-order valence-electron chi connectivity index (χ2n) is 5.33. The molecule has 1 aliphatic rings. The zero-order valence-electron chi connectivity index (χ0n) is 11.6. The third kappa shape index (κ3) is 4.06. The van der Waals surface area contributed by atoms with Gasteiger partial charge in [0, 0.05) is 18.7 Å². The van der Waals surface area contributed by atoms with Gasteiger partial charge >= 0.3 is 5.97 Å². The number of likely N-dealkylation sites (tertiary alicyclic amines) is 1. The molecule has 2 rings (SSSR count). The number of amides is 1. The molecule has 1 aromatic carbocycles. The van der Waals surface area contributed by atoms with Crippen LogP contribution in [0.3, 0.4) is 0 Å². The Labute approximate surface area is 118 Å². The summed E-state index contributed by atoms with van der Waals surface area (Å²) in [6, 6.07) is 7.38. The molecule has 0 aromatic heterocycles. The minimum absolute atomic E-state index is 0.0617. The normalized spacial score (nSPS) is 18.9. The maximum absolute atomic E-state index is 12.0. The number of anilines is 1. The summed E-state index contributed by atoms with van der Waals surface area (Å²) < 4.78 is 0. The molecule has 0 bridgehead atoms. The van der Waals surface area contributed by atoms with Crippen molar-refractivity contribution in [3.05, 3.63) is 29.8 Å². The number of carboxylic acids is 1. The number of hydrogen-bond acceptors (Lipinski definition) is 3. The number of benzene rings is 1. The van der Waals surface area contributed by atoms with Crippen molar-refractivity contribution in [2.75, 3.05) is 25.5 Å². The van der Waals surface area contributed by atoms with Crippen LogP contribution in [0.15, 0.2) is 24.3 Å². The third-order valence-electron chi connectivity index (χ3n) is 3.61. The number of carbonyl (C=O) groups excluding carboxylic acids is 1. The summed E-state index contributed by atoms with van der Waals surface area (Å²) >= 11 is 0. The van der Waals surface area contributed by atoms with Gasteiger partial charge in [-0.05, 0) is 44.1 Å². The first-order valence-electron chi connectivity index (χ1n) is 6.85. The lowest BCUT2D eigenvalue weighted by Crippen LogP contribution is -2.25. The van der Waals surface area contributed by atoms with E-state index in [0.29, 0.717) is 6.42 Å². The number of carboxylic acid groups (broad SMARTS) is 1. The van der Waals surface area contributed by atoms with Crippen LogP contribution < -0.4 is 5.32 Å². The average molecular weight is 276 g/mol. The fraction of sp³-hybridized carbons (Fsp3) is 0.467. The van der Waals surface area contributed by atoms with Gasteiger partial charge in [-0.25, -0.2) is 0 Å². The van der Waals surface area contributed by atoms with Crippen LogP contribution in [0.25, 0.3) is 0 Å². The van der Waals surface area contributed by atoms with Crippen molar-refractivity contribution >= 4 is 17.6 Å². The number of aryl methyl sites for hydroxylation is 1. The maximum atomic E-state index is 12.0. The first-order valence-corrected chi connectivity index (χ1v) is 6.85. The first-order chi connectivity index (χ1) is 9.54. The van der Waals surface area contributed by atoms with Crippen molar-refractivity contribution in [2.45, 2.75) is 19.3 Å². The smallest absolute Gasteiger partial charge is 0.303 e. The van der Waals surface area contributed by atoms with E-state index in [2.05, 4.69) is 10.2 Å². The van der Waals surface area contributed by atoms with Gasteiger partial charge in [0.15, 0.2) is 0 Å². The summed E-state index contributed by atoms with van der Waals surface area (Å²) in [5.41, 5.74) is 1.73. The Bertz CT molecular complexity index is 484. The second-order valence-corrected chi connectivity index (χ2v) is 5.33. The minimum Gasteiger partial charge on any atom is -0.481 e.